The summed E-state index contributed by atoms with van der Waals surface area (Å²) in [5, 5.41) is 5.10. The quantitative estimate of drug-likeness (QED) is 0.256. The minimum atomic E-state index is -0.367. The number of piperidine rings is 1. The summed E-state index contributed by atoms with van der Waals surface area (Å²) >= 11 is 0. The Balaban J connectivity index is 1.27. The monoisotopic (exact) mass is 599 g/mol. The lowest BCUT2D eigenvalue weighted by atomic mass is 9.83. The first-order valence-electron chi connectivity index (χ1n) is 16.8. The van der Waals surface area contributed by atoms with Crippen molar-refractivity contribution in [1.29, 1.82) is 0 Å². The fourth-order valence-corrected chi connectivity index (χ4v) is 8.13. The molecule has 1 atom stereocenters. The molecule has 7 rings (SSSR count). The third-order valence-corrected chi connectivity index (χ3v) is 10.4. The van der Waals surface area contributed by atoms with E-state index in [-0.39, 0.29) is 18.5 Å². The number of hydrogen-bond acceptors (Lipinski definition) is 5. The van der Waals surface area contributed by atoms with Crippen LogP contribution in [0.5, 0.6) is 0 Å². The molecule has 3 aromatic rings. The molecule has 1 aromatic heterocycles. The number of allylic oxidation sites excluding steroid dienone is 3. The van der Waals surface area contributed by atoms with E-state index in [1.165, 1.54) is 46.4 Å². The Hall–Kier alpha value is -3.00. The van der Waals surface area contributed by atoms with Gasteiger partial charge in [0, 0.05) is 45.5 Å². The molecule has 0 N–H and O–H groups in total. The lowest BCUT2D eigenvalue weighted by Crippen LogP contribution is -2.39. The predicted octanol–water partition coefficient (Wildman–Crippen LogP) is 8.35. The number of rotatable bonds is 7. The van der Waals surface area contributed by atoms with E-state index in [9.17, 15) is 0 Å². The highest BCUT2D eigenvalue weighted by Crippen LogP contribution is 2.44. The van der Waals surface area contributed by atoms with Gasteiger partial charge in [0.1, 0.15) is 0 Å². The zero-order chi connectivity index (χ0) is 30.0. The molecule has 2 aliphatic carbocycles. The van der Waals surface area contributed by atoms with Gasteiger partial charge in [-0.3, -0.25) is 0 Å². The number of benzene rings is 2. The van der Waals surface area contributed by atoms with Crippen LogP contribution in [0.4, 0.5) is 10.1 Å². The van der Waals surface area contributed by atoms with Gasteiger partial charge >= 0.3 is 0 Å². The maximum atomic E-state index is 15.8. The molecule has 44 heavy (non-hydrogen) atoms. The standard InChI is InChI=1S/C37H46FN3O3/c1-42-37(43-2)27-20-22-40(23-21-27)28-16-14-26(15-17-28)34-29(25-9-4-3-5-10-25)11-8-12-30-31(34)18-19-32-35(30)36(38)39-41(32)33-13-6-7-24-44-33/h9,14-19,27,33,37H,3-8,10-13,20-24H2,1-2H3. The molecular formula is C37H46FN3O3. The molecule has 2 fully saturated rings. The Labute approximate surface area is 260 Å². The fraction of sp³-hybridized carbons (Fsp3) is 0.541. The number of aryl methyl sites for hydroxylation is 1. The van der Waals surface area contributed by atoms with Crippen molar-refractivity contribution in [1.82, 2.24) is 9.78 Å². The van der Waals surface area contributed by atoms with Crippen LogP contribution in [0.2, 0.25) is 0 Å². The van der Waals surface area contributed by atoms with E-state index in [4.69, 9.17) is 14.2 Å². The molecule has 7 heteroatoms. The smallest absolute Gasteiger partial charge is 0.240 e. The molecule has 2 aliphatic heterocycles. The maximum Gasteiger partial charge on any atom is 0.240 e. The first-order valence-corrected chi connectivity index (χ1v) is 16.8. The van der Waals surface area contributed by atoms with E-state index in [1.807, 2.05) is 4.68 Å². The normalized spacial score (nSPS) is 22.0. The second-order valence-corrected chi connectivity index (χ2v) is 12.9. The maximum absolute atomic E-state index is 15.8. The van der Waals surface area contributed by atoms with Gasteiger partial charge in [-0.15, -0.1) is 5.10 Å². The van der Waals surface area contributed by atoms with E-state index < -0.39 is 0 Å². The van der Waals surface area contributed by atoms with Gasteiger partial charge in [0.2, 0.25) is 5.95 Å². The molecule has 0 bridgehead atoms. The summed E-state index contributed by atoms with van der Waals surface area (Å²) in [5.41, 5.74) is 9.81. The number of ether oxygens (including phenoxy) is 3. The Morgan fingerprint density at radius 2 is 1.70 bits per heavy atom. The van der Waals surface area contributed by atoms with Crippen LogP contribution in [-0.2, 0) is 20.6 Å². The topological polar surface area (TPSA) is 48.8 Å². The second-order valence-electron chi connectivity index (χ2n) is 12.9. The minimum absolute atomic E-state index is 0.132. The van der Waals surface area contributed by atoms with Crippen molar-refractivity contribution >= 4 is 22.2 Å². The van der Waals surface area contributed by atoms with Crippen LogP contribution in [0, 0.1) is 11.9 Å². The Morgan fingerprint density at radius 3 is 2.41 bits per heavy atom. The minimum Gasteiger partial charge on any atom is -0.372 e. The van der Waals surface area contributed by atoms with Crippen LogP contribution in [0.15, 0.2) is 53.6 Å². The number of nitrogens with zero attached hydrogens (tertiary/aromatic N) is 3. The lowest BCUT2D eigenvalue weighted by molar-refractivity contribution is -0.141. The summed E-state index contributed by atoms with van der Waals surface area (Å²) in [5.74, 6) is 0.0550. The van der Waals surface area contributed by atoms with E-state index in [0.29, 0.717) is 17.9 Å². The van der Waals surface area contributed by atoms with E-state index >= 15 is 4.39 Å². The number of halogens is 1. The van der Waals surface area contributed by atoms with Crippen LogP contribution in [0.1, 0.15) is 93.5 Å². The molecular weight excluding hydrogens is 553 g/mol. The van der Waals surface area contributed by atoms with Crippen molar-refractivity contribution in [2.24, 2.45) is 5.92 Å². The SMILES string of the molecule is COC(OC)C1CCN(c2ccc(C3=C(C4=CCCCC4)CCCc4c3ccc3c4c(F)nn3C3CCCCO3)cc2)CC1. The fourth-order valence-electron chi connectivity index (χ4n) is 8.13. The highest BCUT2D eigenvalue weighted by molar-refractivity contribution is 5.94. The Bertz CT molecular complexity index is 1520. The van der Waals surface area contributed by atoms with Gasteiger partial charge in [0.25, 0.3) is 0 Å². The molecule has 4 aliphatic rings. The highest BCUT2D eigenvalue weighted by atomic mass is 19.1. The molecule has 2 saturated heterocycles. The van der Waals surface area contributed by atoms with Crippen LogP contribution >= 0.6 is 0 Å². The van der Waals surface area contributed by atoms with Crippen LogP contribution in [-0.4, -0.2) is 50.0 Å². The third kappa shape index (κ3) is 5.63. The lowest BCUT2D eigenvalue weighted by Gasteiger charge is -2.36. The van der Waals surface area contributed by atoms with Crippen LogP contribution in [0.25, 0.3) is 16.5 Å². The largest absolute Gasteiger partial charge is 0.372 e. The molecule has 0 radical (unpaired) electrons. The van der Waals surface area contributed by atoms with Gasteiger partial charge < -0.3 is 19.1 Å². The second kappa shape index (κ2) is 13.2. The first-order chi connectivity index (χ1) is 21.7. The molecule has 234 valence electrons. The van der Waals surface area contributed by atoms with E-state index in [2.05, 4.69) is 52.5 Å². The number of fused-ring (bicyclic) bond motifs is 3. The molecule has 2 aromatic carbocycles. The van der Waals surface area contributed by atoms with Crippen molar-refractivity contribution in [3.63, 3.8) is 0 Å². The molecule has 3 heterocycles. The van der Waals surface area contributed by atoms with E-state index in [1.54, 1.807) is 14.2 Å². The Kier molecular flexibility index (Phi) is 8.88. The van der Waals surface area contributed by atoms with E-state index in [0.717, 1.165) is 88.4 Å². The average molecular weight is 600 g/mol. The Morgan fingerprint density at radius 1 is 0.886 bits per heavy atom. The number of aromatic nitrogens is 2. The predicted molar refractivity (Wildman–Crippen MR) is 173 cm³/mol. The summed E-state index contributed by atoms with van der Waals surface area (Å²) in [7, 11) is 3.46. The van der Waals surface area contributed by atoms with Crippen molar-refractivity contribution in [2.75, 3.05) is 38.8 Å². The molecule has 1 unspecified atom stereocenters. The first kappa shape index (κ1) is 29.7. The molecule has 0 spiro atoms. The van der Waals surface area contributed by atoms with Gasteiger partial charge in [-0.1, -0.05) is 24.3 Å². The molecule has 6 nitrogen and oxygen atoms in total. The zero-order valence-corrected chi connectivity index (χ0v) is 26.3. The summed E-state index contributed by atoms with van der Waals surface area (Å²) in [6.45, 7) is 2.69. The van der Waals surface area contributed by atoms with Gasteiger partial charge in [0.05, 0.1) is 10.9 Å². The van der Waals surface area contributed by atoms with Crippen molar-refractivity contribution in [3.8, 4) is 0 Å². The summed E-state index contributed by atoms with van der Waals surface area (Å²) in [6, 6.07) is 13.5. The summed E-state index contributed by atoms with van der Waals surface area (Å²) in [4.78, 5) is 2.48. The number of anilines is 1. The molecule has 0 saturated carbocycles. The summed E-state index contributed by atoms with van der Waals surface area (Å²) in [6.07, 6.45) is 14.9. The van der Waals surface area contributed by atoms with Crippen molar-refractivity contribution in [2.45, 2.75) is 89.6 Å². The summed E-state index contributed by atoms with van der Waals surface area (Å²) < 4.78 is 34.7. The van der Waals surface area contributed by atoms with Crippen molar-refractivity contribution in [3.05, 3.63) is 76.3 Å². The van der Waals surface area contributed by atoms with Crippen LogP contribution < -0.4 is 4.90 Å². The van der Waals surface area contributed by atoms with Gasteiger partial charge in [-0.25, -0.2) is 4.68 Å². The van der Waals surface area contributed by atoms with Gasteiger partial charge in [0.15, 0.2) is 12.5 Å². The van der Waals surface area contributed by atoms with Crippen LogP contribution in [0.3, 0.4) is 0 Å². The number of methoxy groups -OCH3 is 2. The number of hydrogen-bond donors (Lipinski definition) is 0. The zero-order valence-electron chi connectivity index (χ0n) is 26.3. The van der Waals surface area contributed by atoms with Gasteiger partial charge in [-0.2, -0.15) is 4.39 Å². The van der Waals surface area contributed by atoms with Crippen molar-refractivity contribution < 1.29 is 18.6 Å². The van der Waals surface area contributed by atoms with Gasteiger partial charge in [-0.05, 0) is 129 Å². The highest BCUT2D eigenvalue weighted by Gasteiger charge is 2.29. The average Bonchev–Trinajstić information content (AvgIpc) is 3.30. The molecule has 0 amide bonds. The third-order valence-electron chi connectivity index (χ3n) is 10.4.